The molecule has 0 N–H and O–H groups in total. The molecule has 2 heterocycles. The lowest BCUT2D eigenvalue weighted by Crippen LogP contribution is -2.03. The first-order valence-corrected chi connectivity index (χ1v) is 4.61. The fraction of sp³-hybridized carbons (Fsp3) is 0.125. The number of halogens is 1. The summed E-state index contributed by atoms with van der Waals surface area (Å²) < 4.78 is 6.80. The van der Waals surface area contributed by atoms with Crippen molar-refractivity contribution < 1.29 is 9.53 Å². The molecule has 0 aliphatic rings. The highest BCUT2D eigenvalue weighted by Gasteiger charge is 2.13. The summed E-state index contributed by atoms with van der Waals surface area (Å²) in [5, 5.41) is 3.95. The second-order valence-electron chi connectivity index (χ2n) is 2.55. The molecule has 0 aromatic carbocycles. The number of hydrogen-bond donors (Lipinski definition) is 0. The lowest BCUT2D eigenvalue weighted by Gasteiger charge is -1.90. The van der Waals surface area contributed by atoms with Crippen LogP contribution in [-0.2, 0) is 4.74 Å². The number of fused-ring (bicyclic) bond motifs is 1. The standard InChI is InChI=1S/C8H6BrN3O2/c1-14-8(13)6-10-7-5(9)3-2-4-12(7)11-6/h2-4H,1H3. The van der Waals surface area contributed by atoms with Crippen molar-refractivity contribution in [1.29, 1.82) is 0 Å². The van der Waals surface area contributed by atoms with Gasteiger partial charge in [0, 0.05) is 6.20 Å². The van der Waals surface area contributed by atoms with E-state index in [0.717, 1.165) is 4.47 Å². The Labute approximate surface area is 87.8 Å². The number of nitrogens with zero attached hydrogens (tertiary/aromatic N) is 3. The molecule has 0 aliphatic heterocycles. The normalized spacial score (nSPS) is 10.4. The number of carbonyl (C=O) groups is 1. The molecule has 0 saturated carbocycles. The summed E-state index contributed by atoms with van der Waals surface area (Å²) in [4.78, 5) is 15.1. The molecule has 2 aromatic rings. The zero-order valence-electron chi connectivity index (χ0n) is 7.27. The largest absolute Gasteiger partial charge is 0.463 e. The van der Waals surface area contributed by atoms with Gasteiger partial charge in [-0.15, -0.1) is 5.10 Å². The maximum Gasteiger partial charge on any atom is 0.377 e. The van der Waals surface area contributed by atoms with Crippen molar-refractivity contribution in [2.24, 2.45) is 0 Å². The summed E-state index contributed by atoms with van der Waals surface area (Å²) in [6, 6.07) is 3.62. The van der Waals surface area contributed by atoms with Crippen LogP contribution in [0.2, 0.25) is 0 Å². The number of hydrogen-bond acceptors (Lipinski definition) is 4. The van der Waals surface area contributed by atoms with E-state index in [1.165, 1.54) is 11.6 Å². The van der Waals surface area contributed by atoms with Crippen molar-refractivity contribution in [2.75, 3.05) is 7.11 Å². The number of esters is 1. The summed E-state index contributed by atoms with van der Waals surface area (Å²) in [5.74, 6) is -0.486. The van der Waals surface area contributed by atoms with Gasteiger partial charge in [-0.3, -0.25) is 0 Å². The molecule has 0 radical (unpaired) electrons. The third-order valence-corrected chi connectivity index (χ3v) is 2.30. The Balaban J connectivity index is 2.62. The van der Waals surface area contributed by atoms with Crippen LogP contribution >= 0.6 is 15.9 Å². The Hall–Kier alpha value is -1.43. The van der Waals surface area contributed by atoms with E-state index in [1.807, 2.05) is 6.07 Å². The zero-order valence-corrected chi connectivity index (χ0v) is 8.85. The molecular weight excluding hydrogens is 250 g/mol. The zero-order chi connectivity index (χ0) is 10.1. The molecule has 0 spiro atoms. The summed E-state index contributed by atoms with van der Waals surface area (Å²) in [7, 11) is 1.29. The van der Waals surface area contributed by atoms with Gasteiger partial charge in [0.05, 0.1) is 11.6 Å². The van der Waals surface area contributed by atoms with E-state index < -0.39 is 5.97 Å². The van der Waals surface area contributed by atoms with Crippen LogP contribution in [0.3, 0.4) is 0 Å². The molecule has 72 valence electrons. The number of rotatable bonds is 1. The number of ether oxygens (including phenoxy) is 1. The van der Waals surface area contributed by atoms with Gasteiger partial charge in [0.1, 0.15) is 0 Å². The van der Waals surface area contributed by atoms with Gasteiger partial charge < -0.3 is 4.74 Å². The third kappa shape index (κ3) is 1.37. The van der Waals surface area contributed by atoms with Crippen LogP contribution < -0.4 is 0 Å². The molecule has 2 rings (SSSR count). The monoisotopic (exact) mass is 255 g/mol. The Morgan fingerprint density at radius 2 is 2.43 bits per heavy atom. The summed E-state index contributed by atoms with van der Waals surface area (Å²) in [6.45, 7) is 0. The minimum Gasteiger partial charge on any atom is -0.463 e. The summed E-state index contributed by atoms with van der Waals surface area (Å²) in [6.07, 6.45) is 1.71. The van der Waals surface area contributed by atoms with E-state index >= 15 is 0 Å². The smallest absolute Gasteiger partial charge is 0.377 e. The lowest BCUT2D eigenvalue weighted by atomic mass is 10.5. The van der Waals surface area contributed by atoms with Crippen molar-refractivity contribution in [1.82, 2.24) is 14.6 Å². The van der Waals surface area contributed by atoms with Crippen molar-refractivity contribution >= 4 is 27.5 Å². The highest BCUT2D eigenvalue weighted by molar-refractivity contribution is 9.10. The number of carbonyl (C=O) groups excluding carboxylic acids is 1. The van der Waals surface area contributed by atoms with E-state index in [1.54, 1.807) is 12.3 Å². The van der Waals surface area contributed by atoms with Crippen LogP contribution in [0.15, 0.2) is 22.8 Å². The molecule has 0 saturated heterocycles. The number of aromatic nitrogens is 3. The lowest BCUT2D eigenvalue weighted by molar-refractivity contribution is 0.0587. The Bertz CT molecular complexity index is 494. The maximum absolute atomic E-state index is 11.1. The van der Waals surface area contributed by atoms with Crippen LogP contribution in [-0.4, -0.2) is 27.7 Å². The highest BCUT2D eigenvalue weighted by Crippen LogP contribution is 2.15. The first-order valence-electron chi connectivity index (χ1n) is 3.81. The molecule has 5 nitrogen and oxygen atoms in total. The SMILES string of the molecule is COC(=O)c1nc2c(Br)cccn2n1. The van der Waals surface area contributed by atoms with Gasteiger partial charge in [-0.1, -0.05) is 0 Å². The fourth-order valence-electron chi connectivity index (χ4n) is 1.05. The van der Waals surface area contributed by atoms with Crippen molar-refractivity contribution in [3.8, 4) is 0 Å². The van der Waals surface area contributed by atoms with E-state index in [9.17, 15) is 4.79 Å². The second kappa shape index (κ2) is 3.38. The number of methoxy groups -OCH3 is 1. The quantitative estimate of drug-likeness (QED) is 0.721. The van der Waals surface area contributed by atoms with E-state index in [4.69, 9.17) is 0 Å². The predicted molar refractivity (Wildman–Crippen MR) is 52.0 cm³/mol. The van der Waals surface area contributed by atoms with Crippen LogP contribution in [0.1, 0.15) is 10.6 Å². The van der Waals surface area contributed by atoms with Gasteiger partial charge in [-0.25, -0.2) is 9.31 Å². The highest BCUT2D eigenvalue weighted by atomic mass is 79.9. The summed E-state index contributed by atoms with van der Waals surface area (Å²) >= 11 is 3.31. The second-order valence-corrected chi connectivity index (χ2v) is 3.41. The first kappa shape index (κ1) is 9.14. The predicted octanol–water partition coefficient (Wildman–Crippen LogP) is 1.28. The summed E-state index contributed by atoms with van der Waals surface area (Å²) in [5.41, 5.74) is 0.591. The molecule has 6 heteroatoms. The van der Waals surface area contributed by atoms with Gasteiger partial charge in [-0.05, 0) is 28.1 Å². The molecular formula is C8H6BrN3O2. The van der Waals surface area contributed by atoms with Gasteiger partial charge in [-0.2, -0.15) is 4.98 Å². The molecule has 0 aliphatic carbocycles. The topological polar surface area (TPSA) is 56.5 Å². The molecule has 0 amide bonds. The Kier molecular flexibility index (Phi) is 2.20. The van der Waals surface area contributed by atoms with Crippen LogP contribution in [0, 0.1) is 0 Å². The Morgan fingerprint density at radius 3 is 3.07 bits per heavy atom. The average Bonchev–Trinajstić information content (AvgIpc) is 2.62. The van der Waals surface area contributed by atoms with Crippen molar-refractivity contribution in [3.05, 3.63) is 28.6 Å². The molecule has 0 fully saturated rings. The van der Waals surface area contributed by atoms with Crippen LogP contribution in [0.5, 0.6) is 0 Å². The van der Waals surface area contributed by atoms with Gasteiger partial charge in [0.15, 0.2) is 5.65 Å². The molecule has 2 aromatic heterocycles. The van der Waals surface area contributed by atoms with Crippen LogP contribution in [0.25, 0.3) is 5.65 Å². The number of pyridine rings is 1. The van der Waals surface area contributed by atoms with Crippen LogP contribution in [0.4, 0.5) is 0 Å². The van der Waals surface area contributed by atoms with Gasteiger partial charge in [0.25, 0.3) is 5.82 Å². The molecule has 0 bridgehead atoms. The van der Waals surface area contributed by atoms with E-state index in [-0.39, 0.29) is 5.82 Å². The minimum atomic E-state index is -0.541. The van der Waals surface area contributed by atoms with E-state index in [2.05, 4.69) is 30.7 Å². The first-order chi connectivity index (χ1) is 6.72. The Morgan fingerprint density at radius 1 is 1.64 bits per heavy atom. The fourth-order valence-corrected chi connectivity index (χ4v) is 1.47. The average molecular weight is 256 g/mol. The van der Waals surface area contributed by atoms with Gasteiger partial charge >= 0.3 is 5.97 Å². The maximum atomic E-state index is 11.1. The minimum absolute atomic E-state index is 0.0550. The van der Waals surface area contributed by atoms with Gasteiger partial charge in [0.2, 0.25) is 0 Å². The van der Waals surface area contributed by atoms with Crippen molar-refractivity contribution in [3.63, 3.8) is 0 Å². The molecule has 14 heavy (non-hydrogen) atoms. The molecule has 0 atom stereocenters. The van der Waals surface area contributed by atoms with Crippen molar-refractivity contribution in [2.45, 2.75) is 0 Å². The molecule has 0 unspecified atom stereocenters. The van der Waals surface area contributed by atoms with E-state index in [0.29, 0.717) is 5.65 Å². The third-order valence-electron chi connectivity index (χ3n) is 1.68.